The first-order valence-electron chi connectivity index (χ1n) is 16.0. The second kappa shape index (κ2) is 13.9. The molecule has 0 saturated heterocycles. The molecule has 12 heteroatoms. The van der Waals surface area contributed by atoms with E-state index in [0.29, 0.717) is 35.6 Å². The second-order valence-electron chi connectivity index (χ2n) is 14.6. The Bertz CT molecular complexity index is 1570. The molecular formula is C33H47F2N3O5Si2. The number of halogens is 2. The average Bonchev–Trinajstić information content (AvgIpc) is 3.88. The Morgan fingerprint density at radius 1 is 0.956 bits per heavy atom. The lowest BCUT2D eigenvalue weighted by Gasteiger charge is -2.18. The summed E-state index contributed by atoms with van der Waals surface area (Å²) in [4.78, 5) is 14.1. The van der Waals surface area contributed by atoms with Crippen molar-refractivity contribution in [2.45, 2.75) is 103 Å². The summed E-state index contributed by atoms with van der Waals surface area (Å²) in [5, 5.41) is 5.03. The van der Waals surface area contributed by atoms with Crippen LogP contribution in [-0.4, -0.2) is 56.4 Å². The lowest BCUT2D eigenvalue weighted by molar-refractivity contribution is -0.0516. The van der Waals surface area contributed by atoms with E-state index in [1.807, 2.05) is 10.6 Å². The fourth-order valence-corrected chi connectivity index (χ4v) is 6.43. The fraction of sp³-hybridized carbons (Fsp3) is 0.576. The number of hydrogen-bond donors (Lipinski definition) is 0. The molecule has 0 radical (unpaired) electrons. The summed E-state index contributed by atoms with van der Waals surface area (Å²) < 4.78 is 52.9. The van der Waals surface area contributed by atoms with Crippen LogP contribution in [0.15, 0.2) is 35.3 Å². The molecule has 0 N–H and O–H groups in total. The summed E-state index contributed by atoms with van der Waals surface area (Å²) in [6.07, 6.45) is 9.81. The van der Waals surface area contributed by atoms with E-state index < -0.39 is 22.8 Å². The zero-order valence-electron chi connectivity index (χ0n) is 27.4. The van der Waals surface area contributed by atoms with Gasteiger partial charge in [0.2, 0.25) is 0 Å². The zero-order chi connectivity index (χ0) is 32.4. The fourth-order valence-electron chi connectivity index (χ4n) is 4.91. The minimum absolute atomic E-state index is 0.00995. The monoisotopic (exact) mass is 659 g/mol. The Labute approximate surface area is 266 Å². The minimum Gasteiger partial charge on any atom is -0.487 e. The van der Waals surface area contributed by atoms with Crippen LogP contribution in [0.2, 0.25) is 51.4 Å². The lowest BCUT2D eigenvalue weighted by Crippen LogP contribution is -2.26. The Morgan fingerprint density at radius 3 is 2.22 bits per heavy atom. The Balaban J connectivity index is 1.61. The van der Waals surface area contributed by atoms with Crippen molar-refractivity contribution >= 4 is 33.1 Å². The van der Waals surface area contributed by atoms with E-state index in [4.69, 9.17) is 18.9 Å². The van der Waals surface area contributed by atoms with Crippen molar-refractivity contribution in [2.24, 2.45) is 5.92 Å². The molecule has 0 unspecified atom stereocenters. The van der Waals surface area contributed by atoms with Gasteiger partial charge in [-0.25, -0.2) is 4.68 Å². The number of alkyl halides is 2. The summed E-state index contributed by atoms with van der Waals surface area (Å²) >= 11 is 0. The van der Waals surface area contributed by atoms with Gasteiger partial charge in [0.15, 0.2) is 11.5 Å². The van der Waals surface area contributed by atoms with Gasteiger partial charge in [-0.05, 0) is 61.9 Å². The predicted molar refractivity (Wildman–Crippen MR) is 180 cm³/mol. The number of benzene rings is 1. The molecule has 0 aliphatic heterocycles. The van der Waals surface area contributed by atoms with Crippen LogP contribution in [0.25, 0.3) is 28.2 Å². The van der Waals surface area contributed by atoms with Crippen LogP contribution < -0.4 is 15.0 Å². The molecule has 8 nitrogen and oxygen atoms in total. The summed E-state index contributed by atoms with van der Waals surface area (Å²) in [6, 6.07) is 6.98. The van der Waals surface area contributed by atoms with E-state index in [1.54, 1.807) is 18.3 Å². The number of allylic oxidation sites excluding steroid dienone is 1. The van der Waals surface area contributed by atoms with Crippen LogP contribution >= 0.6 is 0 Å². The molecule has 3 aromatic rings. The Hall–Kier alpha value is -2.81. The first-order valence-corrected chi connectivity index (χ1v) is 23.4. The van der Waals surface area contributed by atoms with Crippen molar-refractivity contribution in [3.63, 3.8) is 0 Å². The number of hydrogen-bond acceptors (Lipinski definition) is 6. The SMILES string of the molecule is C[Si](C)(C)CCOCn1ncc2c(c(/C=C/C3CC3)c(-c3ccc(OC(F)F)c(OC4CC4)c3)n2COCC[Si](C)(C)C)c1=O. The molecular weight excluding hydrogens is 613 g/mol. The largest absolute Gasteiger partial charge is 0.487 e. The first kappa shape index (κ1) is 33.6. The number of fused-ring (bicyclic) bond motifs is 1. The van der Waals surface area contributed by atoms with Crippen LogP contribution in [0.5, 0.6) is 11.5 Å². The molecule has 45 heavy (non-hydrogen) atoms. The van der Waals surface area contributed by atoms with Crippen LogP contribution in [0, 0.1) is 5.92 Å². The number of aromatic nitrogens is 3. The Kier molecular flexibility index (Phi) is 10.4. The molecule has 2 aromatic heterocycles. The third-order valence-corrected chi connectivity index (χ3v) is 11.4. The highest BCUT2D eigenvalue weighted by Gasteiger charge is 2.28. The topological polar surface area (TPSA) is 76.7 Å². The molecule has 0 spiro atoms. The molecule has 2 heterocycles. The van der Waals surface area contributed by atoms with Gasteiger partial charge in [0.05, 0.1) is 28.9 Å². The van der Waals surface area contributed by atoms with Crippen molar-refractivity contribution in [3.8, 4) is 22.8 Å². The van der Waals surface area contributed by atoms with Crippen LogP contribution in [0.1, 0.15) is 31.2 Å². The minimum atomic E-state index is -2.97. The summed E-state index contributed by atoms with van der Waals surface area (Å²) in [6.45, 7) is 12.2. The molecule has 0 bridgehead atoms. The van der Waals surface area contributed by atoms with Gasteiger partial charge in [0.25, 0.3) is 5.56 Å². The molecule has 246 valence electrons. The second-order valence-corrected chi connectivity index (χ2v) is 25.9. The summed E-state index contributed by atoms with van der Waals surface area (Å²) in [5.41, 5.74) is 2.61. The quantitative estimate of drug-likeness (QED) is 0.108. The maximum Gasteiger partial charge on any atom is 0.387 e. The van der Waals surface area contributed by atoms with Gasteiger partial charge in [0.1, 0.15) is 13.5 Å². The summed E-state index contributed by atoms with van der Waals surface area (Å²) in [5.74, 6) is 0.716. The number of rotatable bonds is 17. The van der Waals surface area contributed by atoms with Crippen molar-refractivity contribution in [1.29, 1.82) is 0 Å². The van der Waals surface area contributed by atoms with E-state index >= 15 is 0 Å². The normalized spacial score (nSPS) is 15.9. The molecule has 2 aliphatic rings. The van der Waals surface area contributed by atoms with Crippen molar-refractivity contribution in [1.82, 2.24) is 14.3 Å². The zero-order valence-corrected chi connectivity index (χ0v) is 29.4. The first-order chi connectivity index (χ1) is 21.3. The van der Waals surface area contributed by atoms with Gasteiger partial charge in [0, 0.05) is 40.5 Å². The molecule has 2 aliphatic carbocycles. The highest BCUT2D eigenvalue weighted by molar-refractivity contribution is 6.76. The van der Waals surface area contributed by atoms with Crippen LogP contribution in [0.3, 0.4) is 0 Å². The molecule has 2 fully saturated rings. The lowest BCUT2D eigenvalue weighted by atomic mass is 10.0. The maximum absolute atomic E-state index is 14.1. The smallest absolute Gasteiger partial charge is 0.387 e. The number of ether oxygens (including phenoxy) is 4. The van der Waals surface area contributed by atoms with E-state index in [-0.39, 0.29) is 36.6 Å². The molecule has 5 rings (SSSR count). The van der Waals surface area contributed by atoms with Crippen LogP contribution in [0.4, 0.5) is 8.78 Å². The van der Waals surface area contributed by atoms with Crippen molar-refractivity contribution < 1.29 is 27.7 Å². The maximum atomic E-state index is 14.1. The van der Waals surface area contributed by atoms with Gasteiger partial charge in [-0.15, -0.1) is 0 Å². The standard InChI is InChI=1S/C33H47F2N3O5Si2/c1-44(2,3)17-15-40-21-37-27-20-36-38(22-41-16-18-45(4,5)6)32(39)30(27)26(13-9-23-7-8-23)31(37)24-10-14-28(43-33(34)35)29(19-24)42-25-11-12-25/h9-10,13-14,19-20,23,25,33H,7-8,11-12,15-18,21-22H2,1-6H3/b13-9+. The van der Waals surface area contributed by atoms with Crippen LogP contribution in [-0.2, 0) is 22.9 Å². The van der Waals surface area contributed by atoms with Gasteiger partial charge in [-0.3, -0.25) is 4.79 Å². The van der Waals surface area contributed by atoms with Gasteiger partial charge in [-0.1, -0.05) is 51.4 Å². The van der Waals surface area contributed by atoms with Crippen molar-refractivity contribution in [2.75, 3.05) is 13.2 Å². The molecule has 0 atom stereocenters. The highest BCUT2D eigenvalue weighted by atomic mass is 28.3. The predicted octanol–water partition coefficient (Wildman–Crippen LogP) is 8.06. The molecule has 1 aromatic carbocycles. The van der Waals surface area contributed by atoms with E-state index in [9.17, 15) is 13.6 Å². The van der Waals surface area contributed by atoms with E-state index in [2.05, 4.69) is 50.5 Å². The van der Waals surface area contributed by atoms with E-state index in [1.165, 1.54) is 10.7 Å². The third kappa shape index (κ3) is 9.37. The average molecular weight is 660 g/mol. The molecule has 2 saturated carbocycles. The highest BCUT2D eigenvalue weighted by Crippen LogP contribution is 2.41. The van der Waals surface area contributed by atoms with Crippen molar-refractivity contribution in [3.05, 3.63) is 46.4 Å². The van der Waals surface area contributed by atoms with Gasteiger partial charge >= 0.3 is 6.61 Å². The van der Waals surface area contributed by atoms with E-state index in [0.717, 1.165) is 49.0 Å². The van der Waals surface area contributed by atoms with Gasteiger partial charge in [-0.2, -0.15) is 13.9 Å². The van der Waals surface area contributed by atoms with Gasteiger partial charge < -0.3 is 23.5 Å². The third-order valence-electron chi connectivity index (χ3n) is 7.94. The Morgan fingerprint density at radius 2 is 1.62 bits per heavy atom. The number of nitrogens with zero attached hydrogens (tertiary/aromatic N) is 3. The molecule has 0 amide bonds. The summed E-state index contributed by atoms with van der Waals surface area (Å²) in [7, 11) is -2.62.